The van der Waals surface area contributed by atoms with E-state index in [1.54, 1.807) is 6.92 Å². The summed E-state index contributed by atoms with van der Waals surface area (Å²) < 4.78 is 15.8. The molecule has 8 heteroatoms. The summed E-state index contributed by atoms with van der Waals surface area (Å²) in [4.78, 5) is 23.6. The molecule has 0 radical (unpaired) electrons. The number of amides is 1. The van der Waals surface area contributed by atoms with Crippen LogP contribution in [0.5, 0.6) is 11.5 Å². The van der Waals surface area contributed by atoms with Crippen molar-refractivity contribution in [3.8, 4) is 11.5 Å². The number of nitrogens with one attached hydrogen (secondary N) is 1. The second kappa shape index (κ2) is 9.48. The molecule has 1 aromatic carbocycles. The number of halogens is 1. The van der Waals surface area contributed by atoms with Gasteiger partial charge in [0.2, 0.25) is 0 Å². The fourth-order valence-corrected chi connectivity index (χ4v) is 2.59. The fraction of sp³-hybridized carbons (Fsp3) is 0.529. The molecule has 140 valence electrons. The number of methoxy groups -OCH3 is 2. The van der Waals surface area contributed by atoms with Gasteiger partial charge >= 0.3 is 5.97 Å². The van der Waals surface area contributed by atoms with Crippen LogP contribution in [0.2, 0.25) is 5.02 Å². The SMILES string of the molecule is CCCOc1c(Cl)cc(C(=O)NC(C)(COC)CC(=O)O)cc1OC. The van der Waals surface area contributed by atoms with Crippen molar-refractivity contribution >= 4 is 23.5 Å². The molecule has 7 nitrogen and oxygen atoms in total. The van der Waals surface area contributed by atoms with E-state index in [1.807, 2.05) is 6.92 Å². The summed E-state index contributed by atoms with van der Waals surface area (Å²) >= 11 is 6.21. The van der Waals surface area contributed by atoms with Crippen LogP contribution < -0.4 is 14.8 Å². The Morgan fingerprint density at radius 3 is 2.52 bits per heavy atom. The molecule has 0 aliphatic rings. The number of hydrogen-bond acceptors (Lipinski definition) is 5. The first-order valence-corrected chi connectivity index (χ1v) is 8.17. The van der Waals surface area contributed by atoms with Gasteiger partial charge in [-0.25, -0.2) is 0 Å². The Balaban J connectivity index is 3.08. The largest absolute Gasteiger partial charge is 0.493 e. The number of carboxylic acids is 1. The minimum atomic E-state index is -1.06. The van der Waals surface area contributed by atoms with E-state index in [0.717, 1.165) is 6.42 Å². The second-order valence-corrected chi connectivity index (χ2v) is 6.26. The summed E-state index contributed by atoms with van der Waals surface area (Å²) in [5.41, 5.74) is -0.826. The van der Waals surface area contributed by atoms with Crippen molar-refractivity contribution in [2.45, 2.75) is 32.2 Å². The predicted molar refractivity (Wildman–Crippen MR) is 93.8 cm³/mol. The van der Waals surface area contributed by atoms with Gasteiger partial charge in [0.05, 0.1) is 37.3 Å². The third-order valence-electron chi connectivity index (χ3n) is 3.36. The molecule has 1 amide bonds. The van der Waals surface area contributed by atoms with Crippen molar-refractivity contribution in [1.82, 2.24) is 5.32 Å². The molecular formula is C17H24ClNO6. The van der Waals surface area contributed by atoms with E-state index >= 15 is 0 Å². The van der Waals surface area contributed by atoms with Crippen LogP contribution in [0.3, 0.4) is 0 Å². The van der Waals surface area contributed by atoms with Crippen LogP contribution in [0.1, 0.15) is 37.0 Å². The minimum absolute atomic E-state index is 0.0492. The molecule has 25 heavy (non-hydrogen) atoms. The normalized spacial score (nSPS) is 13.0. The Bertz CT molecular complexity index is 621. The molecule has 0 saturated carbocycles. The van der Waals surface area contributed by atoms with Gasteiger partial charge in [0.1, 0.15) is 0 Å². The second-order valence-electron chi connectivity index (χ2n) is 5.86. The summed E-state index contributed by atoms with van der Waals surface area (Å²) in [5, 5.41) is 12.0. The van der Waals surface area contributed by atoms with Crippen LogP contribution in [-0.2, 0) is 9.53 Å². The lowest BCUT2D eigenvalue weighted by Crippen LogP contribution is -2.50. The van der Waals surface area contributed by atoms with E-state index in [1.165, 1.54) is 26.4 Å². The molecule has 0 aliphatic heterocycles. The average Bonchev–Trinajstić information content (AvgIpc) is 2.52. The number of carbonyl (C=O) groups excluding carboxylic acids is 1. The molecule has 0 saturated heterocycles. The lowest BCUT2D eigenvalue weighted by atomic mass is 9.98. The lowest BCUT2D eigenvalue weighted by Gasteiger charge is -2.28. The van der Waals surface area contributed by atoms with Gasteiger partial charge in [0, 0.05) is 12.7 Å². The van der Waals surface area contributed by atoms with Gasteiger partial charge in [0.25, 0.3) is 5.91 Å². The monoisotopic (exact) mass is 373 g/mol. The highest BCUT2D eigenvalue weighted by atomic mass is 35.5. The van der Waals surface area contributed by atoms with Crippen LogP contribution in [0.4, 0.5) is 0 Å². The molecule has 1 rings (SSSR count). The minimum Gasteiger partial charge on any atom is -0.493 e. The smallest absolute Gasteiger partial charge is 0.305 e. The zero-order chi connectivity index (χ0) is 19.0. The van der Waals surface area contributed by atoms with Crippen molar-refractivity contribution in [2.24, 2.45) is 0 Å². The first-order valence-electron chi connectivity index (χ1n) is 7.80. The number of benzene rings is 1. The average molecular weight is 374 g/mol. The summed E-state index contributed by atoms with van der Waals surface area (Å²) in [6.07, 6.45) is 0.515. The van der Waals surface area contributed by atoms with Crippen molar-refractivity contribution < 1.29 is 28.9 Å². The maximum atomic E-state index is 12.5. The summed E-state index contributed by atoms with van der Waals surface area (Å²) in [6.45, 7) is 4.07. The van der Waals surface area contributed by atoms with Gasteiger partial charge in [-0.05, 0) is 25.5 Å². The van der Waals surface area contributed by atoms with Gasteiger partial charge < -0.3 is 24.6 Å². The van der Waals surface area contributed by atoms with Crippen LogP contribution in [0.15, 0.2) is 12.1 Å². The number of hydrogen-bond donors (Lipinski definition) is 2. The Morgan fingerprint density at radius 2 is 2.00 bits per heavy atom. The van der Waals surface area contributed by atoms with Gasteiger partial charge in [-0.15, -0.1) is 0 Å². The van der Waals surface area contributed by atoms with Crippen molar-refractivity contribution in [3.05, 3.63) is 22.7 Å². The first kappa shape index (κ1) is 21.1. The van der Waals surface area contributed by atoms with Crippen LogP contribution in [-0.4, -0.2) is 50.0 Å². The molecule has 0 aliphatic carbocycles. The number of rotatable bonds is 10. The molecule has 1 atom stereocenters. The van der Waals surface area contributed by atoms with E-state index < -0.39 is 17.4 Å². The Labute approximate surface area is 152 Å². The molecule has 0 aromatic heterocycles. The molecule has 0 spiro atoms. The zero-order valence-corrected chi connectivity index (χ0v) is 15.6. The third kappa shape index (κ3) is 6.10. The van der Waals surface area contributed by atoms with Gasteiger partial charge in [-0.2, -0.15) is 0 Å². The van der Waals surface area contributed by atoms with Gasteiger partial charge in [-0.3, -0.25) is 9.59 Å². The van der Waals surface area contributed by atoms with Gasteiger partial charge in [-0.1, -0.05) is 18.5 Å². The molecule has 1 aromatic rings. The molecule has 1 unspecified atom stereocenters. The predicted octanol–water partition coefficient (Wildman–Crippen LogP) is 2.75. The van der Waals surface area contributed by atoms with E-state index in [-0.39, 0.29) is 23.6 Å². The van der Waals surface area contributed by atoms with Gasteiger partial charge in [0.15, 0.2) is 11.5 Å². The molecular weight excluding hydrogens is 350 g/mol. The number of carbonyl (C=O) groups is 2. The van der Waals surface area contributed by atoms with E-state index in [9.17, 15) is 9.59 Å². The van der Waals surface area contributed by atoms with Crippen molar-refractivity contribution in [3.63, 3.8) is 0 Å². The molecule has 0 fully saturated rings. The Morgan fingerprint density at radius 1 is 1.32 bits per heavy atom. The van der Waals surface area contributed by atoms with Crippen molar-refractivity contribution in [2.75, 3.05) is 27.4 Å². The van der Waals surface area contributed by atoms with Crippen LogP contribution >= 0.6 is 11.6 Å². The van der Waals surface area contributed by atoms with E-state index in [4.69, 9.17) is 30.9 Å². The quantitative estimate of drug-likeness (QED) is 0.655. The zero-order valence-electron chi connectivity index (χ0n) is 14.8. The van der Waals surface area contributed by atoms with E-state index in [0.29, 0.717) is 18.1 Å². The maximum absolute atomic E-state index is 12.5. The Hall–Kier alpha value is -1.99. The molecule has 0 heterocycles. The molecule has 2 N–H and O–H groups in total. The topological polar surface area (TPSA) is 94.1 Å². The lowest BCUT2D eigenvalue weighted by molar-refractivity contribution is -0.139. The number of ether oxygens (including phenoxy) is 3. The number of aliphatic carboxylic acids is 1. The standard InChI is InChI=1S/C17H24ClNO6/c1-5-6-25-15-12(18)7-11(8-13(15)24-4)16(22)19-17(2,10-23-3)9-14(20)21/h7-8H,5-6,9-10H2,1-4H3,(H,19,22)(H,20,21). The maximum Gasteiger partial charge on any atom is 0.305 e. The summed E-state index contributed by atoms with van der Waals surface area (Å²) in [6, 6.07) is 2.96. The molecule has 0 bridgehead atoms. The van der Waals surface area contributed by atoms with Crippen LogP contribution in [0.25, 0.3) is 0 Å². The number of carboxylic acid groups (broad SMARTS) is 1. The summed E-state index contributed by atoms with van der Waals surface area (Å²) in [7, 11) is 2.89. The Kier molecular flexibility index (Phi) is 7.99. The highest BCUT2D eigenvalue weighted by molar-refractivity contribution is 6.32. The van der Waals surface area contributed by atoms with E-state index in [2.05, 4.69) is 5.32 Å². The van der Waals surface area contributed by atoms with Crippen LogP contribution in [0, 0.1) is 0 Å². The van der Waals surface area contributed by atoms with Crippen molar-refractivity contribution in [1.29, 1.82) is 0 Å². The first-order chi connectivity index (χ1) is 11.8. The highest BCUT2D eigenvalue weighted by Gasteiger charge is 2.30. The highest BCUT2D eigenvalue weighted by Crippen LogP contribution is 2.36. The fourth-order valence-electron chi connectivity index (χ4n) is 2.33. The summed E-state index contributed by atoms with van der Waals surface area (Å²) in [5.74, 6) is -0.827. The third-order valence-corrected chi connectivity index (χ3v) is 3.64.